The first-order valence-electron chi connectivity index (χ1n) is 8.19. The van der Waals surface area contributed by atoms with Crippen molar-refractivity contribution in [3.8, 4) is 22.8 Å². The van der Waals surface area contributed by atoms with Gasteiger partial charge in [-0.05, 0) is 37.1 Å². The molecule has 3 aromatic rings. The summed E-state index contributed by atoms with van der Waals surface area (Å²) in [5, 5.41) is 13.4. The molecule has 1 N–H and O–H groups in total. The van der Waals surface area contributed by atoms with Gasteiger partial charge < -0.3 is 14.5 Å². The first-order chi connectivity index (χ1) is 12.2. The molecular formula is C18H17FN4O2. The van der Waals surface area contributed by atoms with Crippen LogP contribution in [0.5, 0.6) is 0 Å². The molecule has 1 fully saturated rings. The fraction of sp³-hybridized carbons (Fsp3) is 0.278. The van der Waals surface area contributed by atoms with Gasteiger partial charge in [-0.3, -0.25) is 0 Å². The van der Waals surface area contributed by atoms with Crippen molar-refractivity contribution in [1.29, 1.82) is 0 Å². The van der Waals surface area contributed by atoms with Crippen molar-refractivity contribution in [3.63, 3.8) is 0 Å². The summed E-state index contributed by atoms with van der Waals surface area (Å²) < 4.78 is 19.1. The number of halogens is 1. The van der Waals surface area contributed by atoms with E-state index in [4.69, 9.17) is 4.52 Å². The number of hydrogen-bond donors (Lipinski definition) is 1. The van der Waals surface area contributed by atoms with Crippen molar-refractivity contribution in [2.24, 2.45) is 0 Å². The number of nitrogens with zero attached hydrogens (tertiary/aromatic N) is 4. The summed E-state index contributed by atoms with van der Waals surface area (Å²) in [6.45, 7) is 1.57. The third-order valence-corrected chi connectivity index (χ3v) is 4.32. The van der Waals surface area contributed by atoms with Gasteiger partial charge in [0.05, 0.1) is 17.2 Å². The van der Waals surface area contributed by atoms with Crippen molar-refractivity contribution in [1.82, 2.24) is 15.1 Å². The van der Waals surface area contributed by atoms with Gasteiger partial charge in [0.2, 0.25) is 5.82 Å². The minimum Gasteiger partial charge on any atom is -0.393 e. The summed E-state index contributed by atoms with van der Waals surface area (Å²) in [6, 6.07) is 10.0. The molecule has 1 aromatic carbocycles. The van der Waals surface area contributed by atoms with E-state index in [-0.39, 0.29) is 11.9 Å². The van der Waals surface area contributed by atoms with Gasteiger partial charge in [0, 0.05) is 19.3 Å². The van der Waals surface area contributed by atoms with Crippen LogP contribution in [0, 0.1) is 5.82 Å². The van der Waals surface area contributed by atoms with Crippen LogP contribution in [0.3, 0.4) is 0 Å². The molecule has 0 aliphatic carbocycles. The Morgan fingerprint density at radius 1 is 1.12 bits per heavy atom. The number of piperidine rings is 1. The number of aromatic nitrogens is 3. The van der Waals surface area contributed by atoms with E-state index in [0.29, 0.717) is 17.0 Å². The highest BCUT2D eigenvalue weighted by molar-refractivity contribution is 5.60. The predicted molar refractivity (Wildman–Crippen MR) is 90.4 cm³/mol. The summed E-state index contributed by atoms with van der Waals surface area (Å²) in [4.78, 5) is 10.8. The number of anilines is 1. The van der Waals surface area contributed by atoms with Crippen molar-refractivity contribution in [2.75, 3.05) is 18.0 Å². The van der Waals surface area contributed by atoms with Crippen LogP contribution in [0.25, 0.3) is 22.8 Å². The van der Waals surface area contributed by atoms with E-state index in [9.17, 15) is 9.50 Å². The van der Waals surface area contributed by atoms with Gasteiger partial charge in [-0.2, -0.15) is 4.98 Å². The van der Waals surface area contributed by atoms with E-state index in [2.05, 4.69) is 20.0 Å². The maximum atomic E-state index is 13.8. The van der Waals surface area contributed by atoms with Gasteiger partial charge in [0.15, 0.2) is 0 Å². The van der Waals surface area contributed by atoms with E-state index in [0.717, 1.165) is 31.7 Å². The highest BCUT2D eigenvalue weighted by atomic mass is 19.1. The largest absolute Gasteiger partial charge is 0.393 e. The zero-order valence-electron chi connectivity index (χ0n) is 13.5. The van der Waals surface area contributed by atoms with E-state index < -0.39 is 5.82 Å². The second kappa shape index (κ2) is 6.60. The van der Waals surface area contributed by atoms with E-state index >= 15 is 0 Å². The lowest BCUT2D eigenvalue weighted by Crippen LogP contribution is -2.36. The van der Waals surface area contributed by atoms with Gasteiger partial charge in [-0.15, -0.1) is 0 Å². The molecule has 1 aliphatic heterocycles. The van der Waals surface area contributed by atoms with Gasteiger partial charge in [-0.1, -0.05) is 17.3 Å². The third-order valence-electron chi connectivity index (χ3n) is 4.32. The highest BCUT2D eigenvalue weighted by Crippen LogP contribution is 2.25. The summed E-state index contributed by atoms with van der Waals surface area (Å²) in [7, 11) is 0. The summed E-state index contributed by atoms with van der Waals surface area (Å²) >= 11 is 0. The molecule has 1 aliphatic rings. The molecule has 25 heavy (non-hydrogen) atoms. The standard InChI is InChI=1S/C18H17FN4O2/c19-15-4-2-1-3-14(15)17-21-18(25-22-17)12-5-6-16(20-11-12)23-9-7-13(24)8-10-23/h1-6,11,13,24H,7-10H2. The Morgan fingerprint density at radius 2 is 1.92 bits per heavy atom. The SMILES string of the molecule is OC1CCN(c2ccc(-c3nc(-c4ccccc4F)no3)cn2)CC1. The lowest BCUT2D eigenvalue weighted by molar-refractivity contribution is 0.145. The minimum absolute atomic E-state index is 0.210. The van der Waals surface area contributed by atoms with Crippen LogP contribution in [0.4, 0.5) is 10.2 Å². The number of rotatable bonds is 3. The fourth-order valence-electron chi connectivity index (χ4n) is 2.89. The zero-order valence-corrected chi connectivity index (χ0v) is 13.5. The molecule has 128 valence electrons. The number of hydrogen-bond acceptors (Lipinski definition) is 6. The molecule has 7 heteroatoms. The van der Waals surface area contributed by atoms with Crippen LogP contribution < -0.4 is 4.90 Å². The second-order valence-corrected chi connectivity index (χ2v) is 6.03. The first-order valence-corrected chi connectivity index (χ1v) is 8.19. The zero-order chi connectivity index (χ0) is 17.2. The molecule has 0 amide bonds. The number of aliphatic hydroxyl groups excluding tert-OH is 1. The topological polar surface area (TPSA) is 75.3 Å². The van der Waals surface area contributed by atoms with Crippen molar-refractivity contribution in [2.45, 2.75) is 18.9 Å². The van der Waals surface area contributed by atoms with Gasteiger partial charge in [-0.25, -0.2) is 9.37 Å². The van der Waals surface area contributed by atoms with Crippen LogP contribution in [-0.2, 0) is 0 Å². The van der Waals surface area contributed by atoms with Gasteiger partial charge in [0.1, 0.15) is 11.6 Å². The molecular weight excluding hydrogens is 323 g/mol. The third kappa shape index (κ3) is 3.23. The molecule has 0 unspecified atom stereocenters. The Balaban J connectivity index is 1.54. The molecule has 0 saturated carbocycles. The maximum Gasteiger partial charge on any atom is 0.259 e. The van der Waals surface area contributed by atoms with E-state index in [1.54, 1.807) is 24.4 Å². The summed E-state index contributed by atoms with van der Waals surface area (Å²) in [5.74, 6) is 0.966. The molecule has 3 heterocycles. The van der Waals surface area contributed by atoms with Crippen molar-refractivity contribution < 1.29 is 14.0 Å². The number of pyridine rings is 1. The van der Waals surface area contributed by atoms with Crippen molar-refractivity contribution in [3.05, 3.63) is 48.4 Å². The Kier molecular flexibility index (Phi) is 4.15. The van der Waals surface area contributed by atoms with Gasteiger partial charge in [0.25, 0.3) is 5.89 Å². The monoisotopic (exact) mass is 340 g/mol. The number of benzene rings is 1. The predicted octanol–water partition coefficient (Wildman–Crippen LogP) is 2.90. The fourth-order valence-corrected chi connectivity index (χ4v) is 2.89. The molecule has 0 atom stereocenters. The Bertz CT molecular complexity index is 858. The van der Waals surface area contributed by atoms with Crippen LogP contribution in [0.1, 0.15) is 12.8 Å². The average Bonchev–Trinajstić information content (AvgIpc) is 3.13. The lowest BCUT2D eigenvalue weighted by Gasteiger charge is -2.30. The second-order valence-electron chi connectivity index (χ2n) is 6.03. The van der Waals surface area contributed by atoms with Gasteiger partial charge >= 0.3 is 0 Å². The molecule has 2 aromatic heterocycles. The Morgan fingerprint density at radius 3 is 2.64 bits per heavy atom. The van der Waals surface area contributed by atoms with Crippen LogP contribution in [-0.4, -0.2) is 39.4 Å². The molecule has 0 spiro atoms. The van der Waals surface area contributed by atoms with Crippen LogP contribution in [0.15, 0.2) is 47.1 Å². The summed E-state index contributed by atoms with van der Waals surface area (Å²) in [5.41, 5.74) is 0.977. The molecule has 6 nitrogen and oxygen atoms in total. The molecule has 1 saturated heterocycles. The first kappa shape index (κ1) is 15.7. The van der Waals surface area contributed by atoms with E-state index in [1.807, 2.05) is 12.1 Å². The molecule has 0 bridgehead atoms. The Labute approximate surface area is 143 Å². The normalized spacial score (nSPS) is 15.5. The van der Waals surface area contributed by atoms with E-state index in [1.165, 1.54) is 6.07 Å². The minimum atomic E-state index is -0.393. The lowest BCUT2D eigenvalue weighted by atomic mass is 10.1. The quantitative estimate of drug-likeness (QED) is 0.790. The number of aliphatic hydroxyl groups is 1. The van der Waals surface area contributed by atoms with Crippen LogP contribution in [0.2, 0.25) is 0 Å². The van der Waals surface area contributed by atoms with Crippen molar-refractivity contribution >= 4 is 5.82 Å². The smallest absolute Gasteiger partial charge is 0.259 e. The molecule has 4 rings (SSSR count). The maximum absolute atomic E-state index is 13.8. The molecule has 0 radical (unpaired) electrons. The van der Waals surface area contributed by atoms with Crippen LogP contribution >= 0.6 is 0 Å². The highest BCUT2D eigenvalue weighted by Gasteiger charge is 2.19. The Hall–Kier alpha value is -2.80. The summed E-state index contributed by atoms with van der Waals surface area (Å²) in [6.07, 6.45) is 2.95. The average molecular weight is 340 g/mol.